The lowest BCUT2D eigenvalue weighted by atomic mass is 9.85. The number of hydrogen-bond acceptors (Lipinski definition) is 3. The molecule has 9 heteroatoms. The molecule has 0 aliphatic carbocycles. The molecule has 0 spiro atoms. The summed E-state index contributed by atoms with van der Waals surface area (Å²) in [5.74, 6) is -0.246. The molecule has 0 aromatic heterocycles. The molecule has 130 valence electrons. The zero-order valence-electron chi connectivity index (χ0n) is 13.4. The molecule has 0 saturated heterocycles. The highest BCUT2D eigenvalue weighted by atomic mass is 32.2. The molecule has 0 heterocycles. The third-order valence-electron chi connectivity index (χ3n) is 3.38. The molecule has 0 bridgehead atoms. The molecule has 1 rings (SSSR count). The van der Waals surface area contributed by atoms with Gasteiger partial charge in [0.2, 0.25) is 10.0 Å². The first-order valence-electron chi connectivity index (χ1n) is 7.46. The summed E-state index contributed by atoms with van der Waals surface area (Å²) in [6, 6.07) is 4.28. The van der Waals surface area contributed by atoms with Gasteiger partial charge in [-0.2, -0.15) is 4.31 Å². The van der Waals surface area contributed by atoms with Gasteiger partial charge in [0.25, 0.3) is 0 Å². The third kappa shape index (κ3) is 6.06. The van der Waals surface area contributed by atoms with Crippen LogP contribution in [0.3, 0.4) is 0 Å². The van der Waals surface area contributed by atoms with Crippen molar-refractivity contribution < 1.29 is 26.3 Å². The fourth-order valence-corrected chi connectivity index (χ4v) is 3.65. The molecule has 0 aliphatic rings. The SMILES string of the molecule is BC(CC)CN(CCC)S(=O)(=O)c1ccc(OC(F)(F)F)cc1. The lowest BCUT2D eigenvalue weighted by Gasteiger charge is -2.24. The quantitative estimate of drug-likeness (QED) is 0.677. The van der Waals surface area contributed by atoms with E-state index in [1.165, 1.54) is 4.31 Å². The fourth-order valence-electron chi connectivity index (χ4n) is 2.00. The highest BCUT2D eigenvalue weighted by Crippen LogP contribution is 2.25. The van der Waals surface area contributed by atoms with Crippen LogP contribution in [0.5, 0.6) is 5.75 Å². The van der Waals surface area contributed by atoms with Gasteiger partial charge in [-0.3, -0.25) is 0 Å². The molecule has 1 atom stereocenters. The van der Waals surface area contributed by atoms with Crippen LogP contribution in [0.1, 0.15) is 26.7 Å². The number of sulfonamides is 1. The molecule has 0 saturated carbocycles. The molecule has 1 unspecified atom stereocenters. The van der Waals surface area contributed by atoms with Crippen LogP contribution in [0.4, 0.5) is 13.2 Å². The molecule has 1 aromatic rings. The van der Waals surface area contributed by atoms with Gasteiger partial charge >= 0.3 is 6.36 Å². The highest BCUT2D eigenvalue weighted by molar-refractivity contribution is 7.89. The Hall–Kier alpha value is -1.22. The van der Waals surface area contributed by atoms with Gasteiger partial charge < -0.3 is 4.74 Å². The lowest BCUT2D eigenvalue weighted by Crippen LogP contribution is -2.34. The predicted octanol–water partition coefficient (Wildman–Crippen LogP) is 2.82. The van der Waals surface area contributed by atoms with E-state index in [1.54, 1.807) is 0 Å². The number of benzene rings is 1. The maximum Gasteiger partial charge on any atom is 0.573 e. The van der Waals surface area contributed by atoms with Crippen LogP contribution in [0.15, 0.2) is 29.2 Å². The summed E-state index contributed by atoms with van der Waals surface area (Å²) >= 11 is 0. The lowest BCUT2D eigenvalue weighted by molar-refractivity contribution is -0.274. The van der Waals surface area contributed by atoms with Crippen LogP contribution in [-0.4, -0.2) is 40.0 Å². The van der Waals surface area contributed by atoms with E-state index in [1.807, 2.05) is 21.7 Å². The number of halogens is 3. The Morgan fingerprint density at radius 1 is 1.22 bits per heavy atom. The van der Waals surface area contributed by atoms with E-state index < -0.39 is 22.1 Å². The number of rotatable bonds is 8. The Morgan fingerprint density at radius 2 is 1.78 bits per heavy atom. The smallest absolute Gasteiger partial charge is 0.406 e. The molecule has 0 amide bonds. The minimum Gasteiger partial charge on any atom is -0.406 e. The van der Waals surface area contributed by atoms with Crippen molar-refractivity contribution in [1.82, 2.24) is 4.31 Å². The van der Waals surface area contributed by atoms with E-state index in [0.717, 1.165) is 30.7 Å². The van der Waals surface area contributed by atoms with Gasteiger partial charge in [-0.25, -0.2) is 8.42 Å². The van der Waals surface area contributed by atoms with Gasteiger partial charge in [0.15, 0.2) is 0 Å². The number of nitrogens with zero attached hydrogens (tertiary/aromatic N) is 1. The van der Waals surface area contributed by atoms with Gasteiger partial charge in [0.05, 0.1) is 4.90 Å². The van der Waals surface area contributed by atoms with E-state index in [9.17, 15) is 21.6 Å². The molecular weight excluding hydrogens is 330 g/mol. The van der Waals surface area contributed by atoms with Crippen molar-refractivity contribution in [2.24, 2.45) is 0 Å². The van der Waals surface area contributed by atoms with E-state index >= 15 is 0 Å². The third-order valence-corrected chi connectivity index (χ3v) is 5.26. The van der Waals surface area contributed by atoms with Gasteiger partial charge in [-0.15, -0.1) is 13.2 Å². The molecule has 1 aromatic carbocycles. The normalized spacial score (nSPS) is 14.0. The summed E-state index contributed by atoms with van der Waals surface area (Å²) in [6.07, 6.45) is -3.30. The van der Waals surface area contributed by atoms with Crippen LogP contribution in [0, 0.1) is 0 Å². The Labute approximate surface area is 136 Å². The summed E-state index contributed by atoms with van der Waals surface area (Å²) in [5.41, 5.74) is 0. The Bertz CT molecular complexity index is 590. The van der Waals surface area contributed by atoms with Crippen molar-refractivity contribution in [3.05, 3.63) is 24.3 Å². The Morgan fingerprint density at radius 3 is 2.22 bits per heavy atom. The van der Waals surface area contributed by atoms with Crippen molar-refractivity contribution in [2.75, 3.05) is 13.1 Å². The molecule has 0 aliphatic heterocycles. The summed E-state index contributed by atoms with van der Waals surface area (Å²) in [5, 5.41) is 0. The molecule has 4 nitrogen and oxygen atoms in total. The second kappa shape index (κ2) is 8.05. The number of alkyl halides is 3. The van der Waals surface area contributed by atoms with Gasteiger partial charge in [-0.05, 0) is 30.7 Å². The molecule has 23 heavy (non-hydrogen) atoms. The van der Waals surface area contributed by atoms with Crippen molar-refractivity contribution in [3.63, 3.8) is 0 Å². The zero-order chi connectivity index (χ0) is 17.7. The van der Waals surface area contributed by atoms with Crippen molar-refractivity contribution in [3.8, 4) is 5.75 Å². The monoisotopic (exact) mass is 351 g/mol. The summed E-state index contributed by atoms with van der Waals surface area (Å²) in [6.45, 7) is 4.60. The molecule has 0 fully saturated rings. The minimum absolute atomic E-state index is 0.0382. The first-order valence-corrected chi connectivity index (χ1v) is 8.90. The first kappa shape index (κ1) is 19.8. The van der Waals surface area contributed by atoms with Gasteiger partial charge in [0.1, 0.15) is 13.6 Å². The topological polar surface area (TPSA) is 46.6 Å². The standard InChI is InChI=1S/C14H21BF3NO3S/c1-3-9-19(10-11(15)4-2)23(20,21)13-7-5-12(6-8-13)22-14(16,17)18/h5-8,11H,3-4,9-10,15H2,1-2H3. The first-order chi connectivity index (χ1) is 10.6. The van der Waals surface area contributed by atoms with Crippen molar-refractivity contribution in [1.29, 1.82) is 0 Å². The largest absolute Gasteiger partial charge is 0.573 e. The van der Waals surface area contributed by atoms with Crippen LogP contribution in [0.2, 0.25) is 5.82 Å². The number of ether oxygens (including phenoxy) is 1. The second-order valence-corrected chi connectivity index (χ2v) is 7.33. The van der Waals surface area contributed by atoms with E-state index in [4.69, 9.17) is 0 Å². The Balaban J connectivity index is 3.00. The fraction of sp³-hybridized carbons (Fsp3) is 0.571. The van der Waals surface area contributed by atoms with Crippen LogP contribution >= 0.6 is 0 Å². The number of hydrogen-bond donors (Lipinski definition) is 0. The van der Waals surface area contributed by atoms with Crippen LogP contribution < -0.4 is 4.74 Å². The second-order valence-electron chi connectivity index (χ2n) is 5.40. The maximum absolute atomic E-state index is 12.6. The average molecular weight is 351 g/mol. The summed E-state index contributed by atoms with van der Waals surface area (Å²) in [4.78, 5) is -0.0382. The van der Waals surface area contributed by atoms with E-state index in [-0.39, 0.29) is 10.7 Å². The highest BCUT2D eigenvalue weighted by Gasteiger charge is 2.31. The van der Waals surface area contributed by atoms with Crippen LogP contribution in [-0.2, 0) is 10.0 Å². The zero-order valence-corrected chi connectivity index (χ0v) is 14.2. The molecule has 0 N–H and O–H groups in total. The van der Waals surface area contributed by atoms with Gasteiger partial charge in [-0.1, -0.05) is 26.1 Å². The average Bonchev–Trinajstić information content (AvgIpc) is 2.45. The van der Waals surface area contributed by atoms with E-state index in [2.05, 4.69) is 4.74 Å². The minimum atomic E-state index is -4.80. The Kier molecular flexibility index (Phi) is 6.94. The molecular formula is C14H21BF3NO3S. The molecule has 0 radical (unpaired) electrons. The summed E-state index contributed by atoms with van der Waals surface area (Å²) < 4.78 is 66.8. The maximum atomic E-state index is 12.6. The predicted molar refractivity (Wildman–Crippen MR) is 84.8 cm³/mol. The van der Waals surface area contributed by atoms with Gasteiger partial charge in [0, 0.05) is 13.1 Å². The van der Waals surface area contributed by atoms with Crippen LogP contribution in [0.25, 0.3) is 0 Å². The van der Waals surface area contributed by atoms with Crippen molar-refractivity contribution >= 4 is 17.9 Å². The van der Waals surface area contributed by atoms with Crippen molar-refractivity contribution in [2.45, 2.75) is 43.8 Å². The summed E-state index contributed by atoms with van der Waals surface area (Å²) in [7, 11) is -1.78. The van der Waals surface area contributed by atoms with E-state index in [0.29, 0.717) is 19.5 Å².